The van der Waals surface area contributed by atoms with E-state index >= 15 is 0 Å². The Bertz CT molecular complexity index is 656. The Labute approximate surface area is 149 Å². The first-order chi connectivity index (χ1) is 12.3. The maximum atomic E-state index is 12.8. The fraction of sp³-hybridized carbons (Fsp3) is 0.529. The van der Waals surface area contributed by atoms with Crippen LogP contribution in [-0.2, 0) is 4.79 Å². The Balaban J connectivity index is 2.35. The van der Waals surface area contributed by atoms with Crippen molar-refractivity contribution in [2.24, 2.45) is 11.8 Å². The summed E-state index contributed by atoms with van der Waals surface area (Å²) >= 11 is 0. The van der Waals surface area contributed by atoms with Crippen molar-refractivity contribution in [2.75, 3.05) is 27.3 Å². The highest BCUT2D eigenvalue weighted by molar-refractivity contribution is 5.96. The molecule has 1 amide bonds. The number of hydrogen-bond donors (Lipinski definition) is 1. The number of ether oxygens (including phenoxy) is 3. The molecular weight excluding hydrogens is 352 g/mol. The Morgan fingerprint density at radius 3 is 2.23 bits per heavy atom. The molecular formula is C17H21F2NO6. The van der Waals surface area contributed by atoms with Crippen LogP contribution in [0.1, 0.15) is 23.7 Å². The van der Waals surface area contributed by atoms with Crippen LogP contribution in [0.25, 0.3) is 0 Å². The highest BCUT2D eigenvalue weighted by atomic mass is 19.3. The van der Waals surface area contributed by atoms with Crippen LogP contribution in [-0.4, -0.2) is 55.8 Å². The van der Waals surface area contributed by atoms with Gasteiger partial charge in [-0.2, -0.15) is 8.78 Å². The summed E-state index contributed by atoms with van der Waals surface area (Å²) in [7, 11) is 2.51. The predicted molar refractivity (Wildman–Crippen MR) is 87.0 cm³/mol. The van der Waals surface area contributed by atoms with E-state index in [2.05, 4.69) is 4.74 Å². The van der Waals surface area contributed by atoms with Crippen molar-refractivity contribution in [1.29, 1.82) is 0 Å². The number of hydrogen-bond acceptors (Lipinski definition) is 5. The van der Waals surface area contributed by atoms with Gasteiger partial charge in [0, 0.05) is 18.7 Å². The van der Waals surface area contributed by atoms with Gasteiger partial charge in [-0.1, -0.05) is 6.92 Å². The number of benzene rings is 1. The minimum Gasteiger partial charge on any atom is -0.493 e. The minimum atomic E-state index is -3.08. The summed E-state index contributed by atoms with van der Waals surface area (Å²) in [5.74, 6) is -2.46. The van der Waals surface area contributed by atoms with Gasteiger partial charge in [-0.15, -0.1) is 0 Å². The summed E-state index contributed by atoms with van der Waals surface area (Å²) in [6, 6.07) is 2.55. The molecule has 1 N–H and O–H groups in total. The minimum absolute atomic E-state index is 0.0269. The van der Waals surface area contributed by atoms with Crippen molar-refractivity contribution in [2.45, 2.75) is 20.0 Å². The molecule has 9 heteroatoms. The Morgan fingerprint density at radius 2 is 1.77 bits per heavy atom. The summed E-state index contributed by atoms with van der Waals surface area (Å²) in [5, 5.41) is 9.25. The normalized spacial score (nSPS) is 20.0. The van der Waals surface area contributed by atoms with Crippen molar-refractivity contribution in [3.05, 3.63) is 17.7 Å². The van der Waals surface area contributed by atoms with Crippen molar-refractivity contribution in [3.63, 3.8) is 0 Å². The number of carbonyl (C=O) groups is 2. The van der Waals surface area contributed by atoms with Gasteiger partial charge in [-0.25, -0.2) is 0 Å². The first-order valence-corrected chi connectivity index (χ1v) is 7.99. The second-order valence-electron chi connectivity index (χ2n) is 6.17. The van der Waals surface area contributed by atoms with Gasteiger partial charge >= 0.3 is 12.6 Å². The van der Waals surface area contributed by atoms with Crippen LogP contribution in [0.5, 0.6) is 17.2 Å². The van der Waals surface area contributed by atoms with Gasteiger partial charge in [0.05, 0.1) is 20.1 Å². The van der Waals surface area contributed by atoms with Crippen LogP contribution < -0.4 is 14.2 Å². The van der Waals surface area contributed by atoms with Crippen LogP contribution in [0.15, 0.2) is 12.1 Å². The Hall–Kier alpha value is -2.58. The summed E-state index contributed by atoms with van der Waals surface area (Å²) in [6.07, 6.45) is 0.493. The van der Waals surface area contributed by atoms with Gasteiger partial charge in [-0.05, 0) is 24.5 Å². The lowest BCUT2D eigenvalue weighted by molar-refractivity contribution is -0.143. The van der Waals surface area contributed by atoms with E-state index in [0.717, 1.165) is 0 Å². The van der Waals surface area contributed by atoms with Crippen molar-refractivity contribution in [3.8, 4) is 17.2 Å². The van der Waals surface area contributed by atoms with Crippen LogP contribution in [0.2, 0.25) is 0 Å². The molecule has 144 valence electrons. The summed E-state index contributed by atoms with van der Waals surface area (Å²) in [6.45, 7) is -0.726. The van der Waals surface area contributed by atoms with Crippen molar-refractivity contribution in [1.82, 2.24) is 4.90 Å². The fourth-order valence-corrected chi connectivity index (χ4v) is 3.09. The van der Waals surface area contributed by atoms with E-state index < -0.39 is 24.4 Å². The predicted octanol–water partition coefficient (Wildman–Crippen LogP) is 2.49. The molecule has 0 aromatic heterocycles. The van der Waals surface area contributed by atoms with E-state index in [1.165, 1.54) is 31.3 Å². The zero-order valence-electron chi connectivity index (χ0n) is 14.7. The second-order valence-corrected chi connectivity index (χ2v) is 6.17. The molecule has 1 fully saturated rings. The van der Waals surface area contributed by atoms with Crippen LogP contribution in [0.3, 0.4) is 0 Å². The number of aliphatic carboxylic acids is 1. The van der Waals surface area contributed by atoms with E-state index in [4.69, 9.17) is 9.47 Å². The number of amides is 1. The molecule has 1 aromatic carbocycles. The van der Waals surface area contributed by atoms with Crippen molar-refractivity contribution >= 4 is 11.9 Å². The molecule has 0 saturated carbocycles. The molecule has 1 saturated heterocycles. The lowest BCUT2D eigenvalue weighted by atomic mass is 9.90. The molecule has 2 unspecified atom stereocenters. The molecule has 26 heavy (non-hydrogen) atoms. The van der Waals surface area contributed by atoms with E-state index in [1.807, 2.05) is 6.92 Å². The zero-order valence-corrected chi connectivity index (χ0v) is 14.7. The highest BCUT2D eigenvalue weighted by Crippen LogP contribution is 2.40. The molecule has 2 rings (SSSR count). The number of carboxylic acids is 1. The number of piperidine rings is 1. The lowest BCUT2D eigenvalue weighted by Crippen LogP contribution is -2.45. The molecule has 0 bridgehead atoms. The summed E-state index contributed by atoms with van der Waals surface area (Å²) in [5.41, 5.74) is 0.138. The van der Waals surface area contributed by atoms with Gasteiger partial charge in [0.1, 0.15) is 0 Å². The number of methoxy groups -OCH3 is 2. The molecule has 1 aromatic rings. The van der Waals surface area contributed by atoms with Crippen LogP contribution in [0.4, 0.5) is 8.78 Å². The third kappa shape index (κ3) is 4.33. The van der Waals surface area contributed by atoms with Crippen LogP contribution >= 0.6 is 0 Å². The van der Waals surface area contributed by atoms with E-state index in [-0.39, 0.29) is 35.3 Å². The third-order valence-corrected chi connectivity index (χ3v) is 4.21. The number of halogens is 2. The van der Waals surface area contributed by atoms with Gasteiger partial charge < -0.3 is 24.2 Å². The average molecular weight is 373 g/mol. The number of rotatable bonds is 6. The maximum Gasteiger partial charge on any atom is 0.387 e. The number of carboxylic acid groups (broad SMARTS) is 1. The van der Waals surface area contributed by atoms with Gasteiger partial charge in [0.2, 0.25) is 5.75 Å². The number of alkyl halides is 2. The average Bonchev–Trinajstić information content (AvgIpc) is 2.60. The number of likely N-dealkylation sites (tertiary alicyclic amines) is 1. The van der Waals surface area contributed by atoms with Gasteiger partial charge in [-0.3, -0.25) is 9.59 Å². The van der Waals surface area contributed by atoms with E-state index in [0.29, 0.717) is 13.0 Å². The summed E-state index contributed by atoms with van der Waals surface area (Å²) in [4.78, 5) is 25.5. The Kier molecular flexibility index (Phi) is 6.23. The quantitative estimate of drug-likeness (QED) is 0.825. The molecule has 0 spiro atoms. The number of nitrogens with zero attached hydrogens (tertiary/aromatic N) is 1. The number of carbonyl (C=O) groups excluding carboxylic acids is 1. The SMILES string of the molecule is COc1cc(C(=O)N2CC(C)CC(C(=O)O)C2)cc(OC)c1OC(F)F. The monoisotopic (exact) mass is 373 g/mol. The lowest BCUT2D eigenvalue weighted by Gasteiger charge is -2.34. The first-order valence-electron chi connectivity index (χ1n) is 7.99. The molecule has 1 aliphatic heterocycles. The van der Waals surface area contributed by atoms with E-state index in [1.54, 1.807) is 0 Å². The summed E-state index contributed by atoms with van der Waals surface area (Å²) < 4.78 is 39.7. The largest absolute Gasteiger partial charge is 0.493 e. The molecule has 2 atom stereocenters. The molecule has 0 aliphatic carbocycles. The highest BCUT2D eigenvalue weighted by Gasteiger charge is 2.33. The van der Waals surface area contributed by atoms with Gasteiger partial charge in [0.25, 0.3) is 5.91 Å². The van der Waals surface area contributed by atoms with E-state index in [9.17, 15) is 23.5 Å². The second kappa shape index (κ2) is 8.20. The van der Waals surface area contributed by atoms with Gasteiger partial charge in [0.15, 0.2) is 11.5 Å². The first kappa shape index (κ1) is 19.7. The molecule has 1 aliphatic rings. The standard InChI is InChI=1S/C17H21F2NO6/c1-9-4-11(16(22)23)8-20(7-9)15(21)10-5-12(24-2)14(26-17(18)19)13(6-10)25-3/h5-6,9,11,17H,4,7-8H2,1-3H3,(H,22,23). The molecule has 7 nitrogen and oxygen atoms in total. The van der Waals surface area contributed by atoms with Crippen molar-refractivity contribution < 1.29 is 37.7 Å². The third-order valence-electron chi connectivity index (χ3n) is 4.21. The topological polar surface area (TPSA) is 85.3 Å². The zero-order chi connectivity index (χ0) is 19.4. The smallest absolute Gasteiger partial charge is 0.387 e. The molecule has 0 radical (unpaired) electrons. The molecule has 1 heterocycles. The van der Waals surface area contributed by atoms with Crippen LogP contribution in [0, 0.1) is 11.8 Å². The Morgan fingerprint density at radius 1 is 1.19 bits per heavy atom. The fourth-order valence-electron chi connectivity index (χ4n) is 3.09. The maximum absolute atomic E-state index is 12.8.